The van der Waals surface area contributed by atoms with Gasteiger partial charge in [-0.25, -0.2) is 0 Å². The summed E-state index contributed by atoms with van der Waals surface area (Å²) in [4.78, 5) is 7.16. The minimum atomic E-state index is -0.636. The molecule has 0 radical (unpaired) electrons. The molecule has 3 heteroatoms. The summed E-state index contributed by atoms with van der Waals surface area (Å²) in [7, 11) is -0.636. The normalized spacial score (nSPS) is 11.9. The molecule has 0 saturated carbocycles. The van der Waals surface area contributed by atoms with Crippen LogP contribution in [0.3, 0.4) is 0 Å². The van der Waals surface area contributed by atoms with Crippen LogP contribution in [0, 0.1) is 0 Å². The number of rotatable bonds is 2. The van der Waals surface area contributed by atoms with Gasteiger partial charge in [0, 0.05) is 43.6 Å². The van der Waals surface area contributed by atoms with Crippen LogP contribution in [0.25, 0.3) is 43.6 Å². The first-order valence-electron chi connectivity index (χ1n) is 9.35. The molecule has 0 aliphatic heterocycles. The lowest BCUT2D eigenvalue weighted by molar-refractivity contribution is 1.55. The first kappa shape index (κ1) is 14.8. The van der Waals surface area contributed by atoms with Crippen LogP contribution in [0.15, 0.2) is 84.9 Å². The van der Waals surface area contributed by atoms with E-state index in [0.717, 1.165) is 0 Å². The highest BCUT2D eigenvalue weighted by molar-refractivity contribution is 6.73. The Bertz CT molecular complexity index is 1340. The smallest absolute Gasteiger partial charge is 0.0893 e. The topological polar surface area (TPSA) is 31.6 Å². The van der Waals surface area contributed by atoms with Gasteiger partial charge in [-0.3, -0.25) is 0 Å². The molecular weight excluding hydrogens is 344 g/mol. The zero-order chi connectivity index (χ0) is 17.8. The summed E-state index contributed by atoms with van der Waals surface area (Å²) in [6.07, 6.45) is 0. The highest BCUT2D eigenvalue weighted by atomic mass is 28.2. The zero-order valence-corrected chi connectivity index (χ0v) is 16.2. The molecule has 2 aromatic heterocycles. The largest absolute Gasteiger partial charge is 0.355 e. The molecular formula is C24H18N2Si. The monoisotopic (exact) mass is 362 g/mol. The van der Waals surface area contributed by atoms with Gasteiger partial charge in [-0.1, -0.05) is 71.0 Å². The molecule has 6 aromatic rings. The van der Waals surface area contributed by atoms with Crippen LogP contribution in [0.1, 0.15) is 0 Å². The van der Waals surface area contributed by atoms with E-state index in [4.69, 9.17) is 0 Å². The van der Waals surface area contributed by atoms with Crippen molar-refractivity contribution in [3.05, 3.63) is 84.9 Å². The number of nitrogens with one attached hydrogen (secondary N) is 2. The van der Waals surface area contributed by atoms with Gasteiger partial charge in [-0.15, -0.1) is 0 Å². The maximum atomic E-state index is 3.58. The van der Waals surface area contributed by atoms with Crippen LogP contribution in [0.2, 0.25) is 0 Å². The highest BCUT2D eigenvalue weighted by Gasteiger charge is 2.13. The van der Waals surface area contributed by atoms with Crippen LogP contribution < -0.4 is 10.4 Å². The molecule has 0 saturated heterocycles. The minimum Gasteiger partial charge on any atom is -0.355 e. The molecule has 4 aromatic carbocycles. The van der Waals surface area contributed by atoms with Crippen molar-refractivity contribution in [2.24, 2.45) is 0 Å². The number of H-pyrrole nitrogens is 2. The Hall–Kier alpha value is -3.30. The van der Waals surface area contributed by atoms with Gasteiger partial charge >= 0.3 is 0 Å². The fourth-order valence-electron chi connectivity index (χ4n) is 4.45. The van der Waals surface area contributed by atoms with Gasteiger partial charge < -0.3 is 9.97 Å². The molecule has 0 fully saturated rings. The Kier molecular flexibility index (Phi) is 3.07. The Morgan fingerprint density at radius 2 is 0.889 bits per heavy atom. The van der Waals surface area contributed by atoms with Gasteiger partial charge in [0.05, 0.1) is 9.52 Å². The van der Waals surface area contributed by atoms with Crippen LogP contribution in [-0.4, -0.2) is 19.5 Å². The second-order valence-corrected chi connectivity index (χ2v) is 9.07. The Labute approximate surface area is 158 Å². The number of fused-ring (bicyclic) bond motifs is 6. The van der Waals surface area contributed by atoms with Gasteiger partial charge in [0.2, 0.25) is 0 Å². The van der Waals surface area contributed by atoms with Crippen LogP contribution in [-0.2, 0) is 0 Å². The molecule has 128 valence electrons. The van der Waals surface area contributed by atoms with Crippen molar-refractivity contribution in [3.8, 4) is 0 Å². The molecule has 2 heterocycles. The van der Waals surface area contributed by atoms with Crippen LogP contribution in [0.4, 0.5) is 0 Å². The average Bonchev–Trinajstić information content (AvgIpc) is 3.27. The number of aromatic amines is 2. The number of hydrogen-bond donors (Lipinski definition) is 2. The summed E-state index contributed by atoms with van der Waals surface area (Å²) in [6, 6.07) is 30.7. The SMILES string of the molecule is c1ccc2c(c1)[nH]c1cccc([SiH2]c3cccc4[nH]c5ccccc5c34)c12. The van der Waals surface area contributed by atoms with E-state index < -0.39 is 9.52 Å². The Morgan fingerprint density at radius 1 is 0.444 bits per heavy atom. The van der Waals surface area contributed by atoms with E-state index in [1.54, 1.807) is 0 Å². The lowest BCUT2D eigenvalue weighted by Crippen LogP contribution is -2.28. The first-order chi connectivity index (χ1) is 13.4. The number of para-hydroxylation sites is 2. The van der Waals surface area contributed by atoms with Crippen molar-refractivity contribution in [1.29, 1.82) is 0 Å². The van der Waals surface area contributed by atoms with Gasteiger partial charge in [-0.05, 0) is 24.3 Å². The third kappa shape index (κ3) is 2.19. The van der Waals surface area contributed by atoms with Gasteiger partial charge in [0.15, 0.2) is 0 Å². The van der Waals surface area contributed by atoms with E-state index in [1.165, 1.54) is 54.0 Å². The number of benzene rings is 4. The third-order valence-corrected chi connectivity index (χ3v) is 7.55. The summed E-state index contributed by atoms with van der Waals surface area (Å²) in [5, 5.41) is 8.47. The van der Waals surface area contributed by atoms with Gasteiger partial charge in [0.1, 0.15) is 0 Å². The minimum absolute atomic E-state index is 0.636. The lowest BCUT2D eigenvalue weighted by atomic mass is 10.1. The van der Waals surface area contributed by atoms with Crippen molar-refractivity contribution in [3.63, 3.8) is 0 Å². The molecule has 2 nitrogen and oxygen atoms in total. The van der Waals surface area contributed by atoms with E-state index in [0.29, 0.717) is 0 Å². The third-order valence-electron chi connectivity index (χ3n) is 5.61. The molecule has 6 rings (SSSR count). The van der Waals surface area contributed by atoms with Crippen molar-refractivity contribution in [1.82, 2.24) is 9.97 Å². The lowest BCUT2D eigenvalue weighted by Gasteiger charge is -2.06. The van der Waals surface area contributed by atoms with Gasteiger partial charge in [0.25, 0.3) is 0 Å². The maximum Gasteiger partial charge on any atom is 0.0893 e. The molecule has 2 N–H and O–H groups in total. The van der Waals surface area contributed by atoms with Gasteiger partial charge in [-0.2, -0.15) is 0 Å². The Morgan fingerprint density at radius 3 is 1.41 bits per heavy atom. The first-order valence-corrected chi connectivity index (χ1v) is 10.8. The standard InChI is InChI=1S/C24H18N2Si/c1-3-9-17-15(7-1)23-19(25-17)11-5-13-21(23)27-22-14-6-12-20-24(22)16-8-2-4-10-18(16)26-20/h1-14,25-26H,27H2. The zero-order valence-electron chi connectivity index (χ0n) is 14.8. The number of hydrogen-bond acceptors (Lipinski definition) is 0. The molecule has 0 aliphatic rings. The van der Waals surface area contributed by atoms with E-state index in [-0.39, 0.29) is 0 Å². The average molecular weight is 363 g/mol. The second-order valence-electron chi connectivity index (χ2n) is 7.20. The van der Waals surface area contributed by atoms with Crippen molar-refractivity contribution >= 4 is 63.5 Å². The van der Waals surface area contributed by atoms with E-state index in [2.05, 4.69) is 94.9 Å². The predicted octanol–water partition coefficient (Wildman–Crippen LogP) is 4.08. The molecule has 0 bridgehead atoms. The molecule has 0 atom stereocenters. The van der Waals surface area contributed by atoms with E-state index in [9.17, 15) is 0 Å². The summed E-state index contributed by atoms with van der Waals surface area (Å²) in [6.45, 7) is 0. The van der Waals surface area contributed by atoms with Crippen LogP contribution in [0.5, 0.6) is 0 Å². The quantitative estimate of drug-likeness (QED) is 0.435. The molecule has 27 heavy (non-hydrogen) atoms. The van der Waals surface area contributed by atoms with Crippen molar-refractivity contribution in [2.75, 3.05) is 0 Å². The molecule has 0 unspecified atom stereocenters. The summed E-state index contributed by atoms with van der Waals surface area (Å²) in [5.41, 5.74) is 4.93. The van der Waals surface area contributed by atoms with Crippen LogP contribution >= 0.6 is 0 Å². The van der Waals surface area contributed by atoms with E-state index in [1.807, 2.05) is 0 Å². The van der Waals surface area contributed by atoms with E-state index >= 15 is 0 Å². The fraction of sp³-hybridized carbons (Fsp3) is 0. The predicted molar refractivity (Wildman–Crippen MR) is 119 cm³/mol. The maximum absolute atomic E-state index is 3.58. The number of aromatic nitrogens is 2. The van der Waals surface area contributed by atoms with Crippen molar-refractivity contribution < 1.29 is 0 Å². The molecule has 0 spiro atoms. The second kappa shape index (κ2) is 5.60. The summed E-state index contributed by atoms with van der Waals surface area (Å²) >= 11 is 0. The Balaban J connectivity index is 1.62. The van der Waals surface area contributed by atoms with Crippen molar-refractivity contribution in [2.45, 2.75) is 0 Å². The molecule has 0 amide bonds. The summed E-state index contributed by atoms with van der Waals surface area (Å²) < 4.78 is 0. The highest BCUT2D eigenvalue weighted by Crippen LogP contribution is 2.25. The summed E-state index contributed by atoms with van der Waals surface area (Å²) in [5.74, 6) is 0. The fourth-order valence-corrected chi connectivity index (χ4v) is 6.49. The molecule has 0 aliphatic carbocycles.